The van der Waals surface area contributed by atoms with Gasteiger partial charge in [0, 0.05) is 11.8 Å². The maximum Gasteiger partial charge on any atom is 0.101 e. The maximum atomic E-state index is 10.7. The van der Waals surface area contributed by atoms with Crippen LogP contribution in [0.3, 0.4) is 0 Å². The van der Waals surface area contributed by atoms with Crippen molar-refractivity contribution in [1.82, 2.24) is 0 Å². The topological polar surface area (TPSA) is 32.6 Å². The summed E-state index contributed by atoms with van der Waals surface area (Å²) in [7, 11) is -0.711. The van der Waals surface area contributed by atoms with E-state index in [1.165, 1.54) is 15.9 Å². The molecule has 0 aromatic heterocycles. The van der Waals surface area contributed by atoms with E-state index in [1.807, 2.05) is 49.5 Å². The molecule has 0 saturated carbocycles. The number of aliphatic hydroxyl groups is 1. The molecule has 1 N–H and O–H groups in total. The molecular weight excluding hydrogens is 397 g/mol. The van der Waals surface area contributed by atoms with Gasteiger partial charge in [-0.2, -0.15) is 0 Å². The van der Waals surface area contributed by atoms with Crippen molar-refractivity contribution in [2.75, 3.05) is 0 Å². The minimum absolute atomic E-state index is 0.241. The molecule has 0 aliphatic rings. The van der Waals surface area contributed by atoms with E-state index < -0.39 is 14.0 Å². The average molecular weight is 423 g/mol. The Bertz CT molecular complexity index is 1070. The van der Waals surface area contributed by atoms with Crippen molar-refractivity contribution in [3.05, 3.63) is 126 Å². The highest BCUT2D eigenvalue weighted by Gasteiger charge is 2.19. The molecule has 3 heteroatoms. The highest BCUT2D eigenvalue weighted by molar-refractivity contribution is 7.80. The number of benzene rings is 4. The monoisotopic (exact) mass is 423 g/mol. The van der Waals surface area contributed by atoms with Crippen molar-refractivity contribution in [3.8, 4) is 0 Å². The molecule has 0 amide bonds. The van der Waals surface area contributed by atoms with Gasteiger partial charge in [-0.05, 0) is 36.3 Å². The second-order valence-corrected chi connectivity index (χ2v) is 9.63. The largest absolute Gasteiger partial charge is 0.386 e. The summed E-state index contributed by atoms with van der Waals surface area (Å²) in [6.45, 7) is 1.95. The number of nitrogens with zero attached hydrogens (tertiary/aromatic N) is 1. The van der Waals surface area contributed by atoms with Crippen molar-refractivity contribution in [3.63, 3.8) is 0 Å². The van der Waals surface area contributed by atoms with E-state index in [1.54, 1.807) is 0 Å². The standard InChI is InChI=1S/C28H26NOP/c1-22(28(30)23-13-5-2-6-14-23)29-21-24-15-11-12-20-27(24)31(25-16-7-3-8-17-25)26-18-9-4-10-19-26/h2-22,28,30H,1H3. The number of hydrogen-bond donors (Lipinski definition) is 1. The minimum Gasteiger partial charge on any atom is -0.386 e. The van der Waals surface area contributed by atoms with Crippen LogP contribution in [-0.4, -0.2) is 17.4 Å². The number of aliphatic imine (C=N–C) groups is 1. The van der Waals surface area contributed by atoms with Crippen LogP contribution in [0.15, 0.2) is 120 Å². The van der Waals surface area contributed by atoms with Gasteiger partial charge in [0.2, 0.25) is 0 Å². The third kappa shape index (κ3) is 5.17. The molecule has 0 aliphatic heterocycles. The lowest BCUT2D eigenvalue weighted by atomic mass is 10.0. The summed E-state index contributed by atoms with van der Waals surface area (Å²) in [5.74, 6) is 0. The second kappa shape index (κ2) is 10.3. The van der Waals surface area contributed by atoms with Crippen LogP contribution < -0.4 is 15.9 Å². The Morgan fingerprint density at radius 2 is 1.16 bits per heavy atom. The quantitative estimate of drug-likeness (QED) is 0.330. The van der Waals surface area contributed by atoms with E-state index in [9.17, 15) is 5.11 Å². The van der Waals surface area contributed by atoms with E-state index >= 15 is 0 Å². The van der Waals surface area contributed by atoms with E-state index in [2.05, 4.69) is 78.9 Å². The molecule has 0 radical (unpaired) electrons. The zero-order valence-corrected chi connectivity index (χ0v) is 18.4. The lowest BCUT2D eigenvalue weighted by molar-refractivity contribution is 0.154. The fraction of sp³-hybridized carbons (Fsp3) is 0.107. The fourth-order valence-electron chi connectivity index (χ4n) is 3.59. The van der Waals surface area contributed by atoms with Crippen LogP contribution in [0, 0.1) is 0 Å². The van der Waals surface area contributed by atoms with Crippen LogP contribution in [0.1, 0.15) is 24.2 Å². The predicted molar refractivity (Wildman–Crippen MR) is 134 cm³/mol. The Hall–Kier alpha value is -3.06. The predicted octanol–water partition coefficient (Wildman–Crippen LogP) is 4.99. The van der Waals surface area contributed by atoms with Gasteiger partial charge >= 0.3 is 0 Å². The first-order chi connectivity index (χ1) is 15.2. The average Bonchev–Trinajstić information content (AvgIpc) is 2.85. The first-order valence-electron chi connectivity index (χ1n) is 10.5. The van der Waals surface area contributed by atoms with Gasteiger partial charge < -0.3 is 5.11 Å². The zero-order chi connectivity index (χ0) is 21.5. The second-order valence-electron chi connectivity index (χ2n) is 7.44. The molecule has 0 fully saturated rings. The summed E-state index contributed by atoms with van der Waals surface area (Å²) < 4.78 is 0. The van der Waals surface area contributed by atoms with E-state index in [0.717, 1.165) is 11.1 Å². The third-order valence-electron chi connectivity index (χ3n) is 5.25. The minimum atomic E-state index is -0.711. The van der Waals surface area contributed by atoms with Gasteiger partial charge in [0.25, 0.3) is 0 Å². The third-order valence-corrected chi connectivity index (χ3v) is 7.77. The van der Waals surface area contributed by atoms with Gasteiger partial charge in [0.15, 0.2) is 0 Å². The molecule has 0 spiro atoms. The van der Waals surface area contributed by atoms with Crippen LogP contribution >= 0.6 is 7.92 Å². The SMILES string of the molecule is CC(N=Cc1ccccc1P(c1ccccc1)c1ccccc1)C(O)c1ccccc1. The highest BCUT2D eigenvalue weighted by atomic mass is 31.1. The Morgan fingerprint density at radius 1 is 0.677 bits per heavy atom. The van der Waals surface area contributed by atoms with Crippen molar-refractivity contribution < 1.29 is 5.11 Å². The number of aliphatic hydroxyl groups excluding tert-OH is 1. The molecule has 31 heavy (non-hydrogen) atoms. The molecule has 0 saturated heterocycles. The summed E-state index contributed by atoms with van der Waals surface area (Å²) >= 11 is 0. The number of hydrogen-bond acceptors (Lipinski definition) is 2. The number of rotatable bonds is 7. The molecule has 0 bridgehead atoms. The Kier molecular flexibility index (Phi) is 7.04. The molecule has 154 valence electrons. The lowest BCUT2D eigenvalue weighted by Gasteiger charge is -2.21. The van der Waals surface area contributed by atoms with Gasteiger partial charge in [0.05, 0.1) is 6.04 Å². The summed E-state index contributed by atoms with van der Waals surface area (Å²) in [4.78, 5) is 4.74. The molecule has 4 rings (SSSR count). The lowest BCUT2D eigenvalue weighted by Crippen LogP contribution is -2.23. The maximum absolute atomic E-state index is 10.7. The Labute approximate surface area is 185 Å². The van der Waals surface area contributed by atoms with Crippen LogP contribution in [0.25, 0.3) is 0 Å². The van der Waals surface area contributed by atoms with Crippen LogP contribution in [0.5, 0.6) is 0 Å². The van der Waals surface area contributed by atoms with Crippen LogP contribution in [0.4, 0.5) is 0 Å². The molecule has 2 unspecified atom stereocenters. The normalized spacial score (nSPS) is 13.4. The molecule has 4 aromatic rings. The zero-order valence-electron chi connectivity index (χ0n) is 17.5. The van der Waals surface area contributed by atoms with Crippen molar-refractivity contribution in [2.45, 2.75) is 19.1 Å². The van der Waals surface area contributed by atoms with E-state index in [4.69, 9.17) is 4.99 Å². The molecule has 2 atom stereocenters. The summed E-state index contributed by atoms with van der Waals surface area (Å²) in [6, 6.07) is 39.3. The van der Waals surface area contributed by atoms with Gasteiger partial charge in [-0.3, -0.25) is 4.99 Å². The molecular formula is C28H26NOP. The van der Waals surface area contributed by atoms with Gasteiger partial charge in [0.1, 0.15) is 6.10 Å². The Balaban J connectivity index is 1.69. The molecule has 4 aromatic carbocycles. The van der Waals surface area contributed by atoms with E-state index in [-0.39, 0.29) is 6.04 Å². The fourth-order valence-corrected chi connectivity index (χ4v) is 6.01. The summed E-state index contributed by atoms with van der Waals surface area (Å²) in [6.07, 6.45) is 1.29. The molecule has 0 heterocycles. The van der Waals surface area contributed by atoms with Crippen molar-refractivity contribution in [2.24, 2.45) is 4.99 Å². The summed E-state index contributed by atoms with van der Waals surface area (Å²) in [5.41, 5.74) is 1.98. The van der Waals surface area contributed by atoms with Crippen molar-refractivity contribution >= 4 is 30.0 Å². The smallest absolute Gasteiger partial charge is 0.101 e. The first kappa shape index (κ1) is 21.2. The first-order valence-corrected chi connectivity index (χ1v) is 11.8. The van der Waals surface area contributed by atoms with E-state index in [0.29, 0.717) is 0 Å². The van der Waals surface area contributed by atoms with Crippen LogP contribution in [-0.2, 0) is 0 Å². The van der Waals surface area contributed by atoms with Gasteiger partial charge in [-0.25, -0.2) is 0 Å². The summed E-state index contributed by atoms with van der Waals surface area (Å²) in [5, 5.41) is 14.6. The Morgan fingerprint density at radius 3 is 1.74 bits per heavy atom. The molecule has 0 aliphatic carbocycles. The van der Waals surface area contributed by atoms with Gasteiger partial charge in [-0.1, -0.05) is 115 Å². The highest BCUT2D eigenvalue weighted by Crippen LogP contribution is 2.33. The molecule has 2 nitrogen and oxygen atoms in total. The van der Waals surface area contributed by atoms with Gasteiger partial charge in [-0.15, -0.1) is 0 Å². The van der Waals surface area contributed by atoms with Crippen molar-refractivity contribution in [1.29, 1.82) is 0 Å². The van der Waals surface area contributed by atoms with Crippen LogP contribution in [0.2, 0.25) is 0 Å².